The first-order chi connectivity index (χ1) is 10.2. The van der Waals surface area contributed by atoms with Crippen LogP contribution in [0, 0.1) is 5.82 Å². The van der Waals surface area contributed by atoms with E-state index in [0.29, 0.717) is 5.56 Å². The Morgan fingerprint density at radius 3 is 2.36 bits per heavy atom. The summed E-state index contributed by atoms with van der Waals surface area (Å²) in [6.07, 6.45) is -5.50. The average molecular weight is 319 g/mol. The number of amides is 1. The quantitative estimate of drug-likeness (QED) is 0.870. The van der Waals surface area contributed by atoms with E-state index in [-0.39, 0.29) is 31.8 Å². The lowest BCUT2D eigenvalue weighted by Crippen LogP contribution is -2.54. The minimum Gasteiger partial charge on any atom is -0.380 e. The van der Waals surface area contributed by atoms with Crippen molar-refractivity contribution >= 4 is 5.91 Å². The smallest absolute Gasteiger partial charge is 0.380 e. The summed E-state index contributed by atoms with van der Waals surface area (Å²) in [4.78, 5) is 13.3. The van der Waals surface area contributed by atoms with Gasteiger partial charge in [-0.3, -0.25) is 4.79 Å². The third-order valence-corrected chi connectivity index (χ3v) is 4.04. The summed E-state index contributed by atoms with van der Waals surface area (Å²) in [5, 5.41) is 9.54. The van der Waals surface area contributed by atoms with Crippen molar-refractivity contribution in [3.05, 3.63) is 35.6 Å². The van der Waals surface area contributed by atoms with Crippen LogP contribution in [0.15, 0.2) is 24.3 Å². The first-order valence-electron chi connectivity index (χ1n) is 7.03. The Bertz CT molecular complexity index is 537. The van der Waals surface area contributed by atoms with Crippen molar-refractivity contribution in [2.45, 2.75) is 37.5 Å². The van der Waals surface area contributed by atoms with Gasteiger partial charge in [-0.05, 0) is 18.1 Å². The fourth-order valence-electron chi connectivity index (χ4n) is 2.51. The number of rotatable bonds is 3. The van der Waals surface area contributed by atoms with Crippen molar-refractivity contribution < 1.29 is 27.5 Å². The number of alkyl halides is 3. The molecular formula is C15H17F4NO2. The van der Waals surface area contributed by atoms with Crippen LogP contribution >= 0.6 is 0 Å². The van der Waals surface area contributed by atoms with E-state index in [9.17, 15) is 27.5 Å². The molecule has 1 aliphatic rings. The second-order valence-corrected chi connectivity index (χ2v) is 5.50. The largest absolute Gasteiger partial charge is 0.417 e. The van der Waals surface area contributed by atoms with Crippen LogP contribution in [0.1, 0.15) is 24.8 Å². The Hall–Kier alpha value is -1.63. The zero-order valence-electron chi connectivity index (χ0n) is 11.9. The van der Waals surface area contributed by atoms with Gasteiger partial charge in [0, 0.05) is 32.4 Å². The number of aryl methyl sites for hydroxylation is 1. The molecule has 0 radical (unpaired) electrons. The number of likely N-dealkylation sites (tertiary alicyclic amines) is 1. The standard InChI is InChI=1S/C15H17F4NO2/c16-12-4-2-1-3-11(12)5-6-13(21)20-9-7-14(22,8-10-20)15(17,18)19/h1-4,22H,5-10H2. The summed E-state index contributed by atoms with van der Waals surface area (Å²) in [5.74, 6) is -0.729. The molecule has 1 aliphatic heterocycles. The van der Waals surface area contributed by atoms with Crippen molar-refractivity contribution in [2.24, 2.45) is 0 Å². The van der Waals surface area contributed by atoms with E-state index < -0.39 is 30.4 Å². The van der Waals surface area contributed by atoms with Crippen LogP contribution in [-0.2, 0) is 11.2 Å². The number of piperidine rings is 1. The third kappa shape index (κ3) is 3.58. The molecule has 0 saturated carbocycles. The van der Waals surface area contributed by atoms with Crippen LogP contribution < -0.4 is 0 Å². The van der Waals surface area contributed by atoms with Crippen molar-refractivity contribution in [2.75, 3.05) is 13.1 Å². The van der Waals surface area contributed by atoms with E-state index in [4.69, 9.17) is 0 Å². The number of benzene rings is 1. The number of hydrogen-bond acceptors (Lipinski definition) is 2. The summed E-state index contributed by atoms with van der Waals surface area (Å²) in [5.41, 5.74) is -2.31. The summed E-state index contributed by atoms with van der Waals surface area (Å²) in [7, 11) is 0. The number of carbonyl (C=O) groups is 1. The van der Waals surface area contributed by atoms with Crippen LogP contribution in [0.3, 0.4) is 0 Å². The van der Waals surface area contributed by atoms with E-state index in [0.717, 1.165) is 0 Å². The Morgan fingerprint density at radius 1 is 1.23 bits per heavy atom. The number of aliphatic hydroxyl groups is 1. The van der Waals surface area contributed by atoms with Gasteiger partial charge in [0.15, 0.2) is 5.60 Å². The van der Waals surface area contributed by atoms with Crippen LogP contribution in [0.4, 0.5) is 17.6 Å². The SMILES string of the molecule is O=C(CCc1ccccc1F)N1CCC(O)(C(F)(F)F)CC1. The number of hydrogen-bond donors (Lipinski definition) is 1. The molecule has 7 heteroatoms. The van der Waals surface area contributed by atoms with Gasteiger partial charge in [-0.15, -0.1) is 0 Å². The van der Waals surface area contributed by atoms with Crippen molar-refractivity contribution in [3.8, 4) is 0 Å². The minimum absolute atomic E-state index is 0.0331. The second-order valence-electron chi connectivity index (χ2n) is 5.50. The molecule has 0 bridgehead atoms. The lowest BCUT2D eigenvalue weighted by atomic mass is 9.90. The fourth-order valence-corrected chi connectivity index (χ4v) is 2.51. The van der Waals surface area contributed by atoms with Crippen LogP contribution in [0.25, 0.3) is 0 Å². The van der Waals surface area contributed by atoms with Crippen LogP contribution in [0.5, 0.6) is 0 Å². The molecule has 1 N–H and O–H groups in total. The third-order valence-electron chi connectivity index (χ3n) is 4.04. The molecule has 22 heavy (non-hydrogen) atoms. The number of nitrogens with zero attached hydrogens (tertiary/aromatic N) is 1. The van der Waals surface area contributed by atoms with Gasteiger partial charge < -0.3 is 10.0 Å². The molecule has 0 spiro atoms. The minimum atomic E-state index is -4.69. The average Bonchev–Trinajstić information content (AvgIpc) is 2.46. The zero-order valence-corrected chi connectivity index (χ0v) is 11.9. The molecule has 0 unspecified atom stereocenters. The van der Waals surface area contributed by atoms with Crippen molar-refractivity contribution in [3.63, 3.8) is 0 Å². The molecule has 122 valence electrons. The highest BCUT2D eigenvalue weighted by molar-refractivity contribution is 5.76. The van der Waals surface area contributed by atoms with E-state index in [2.05, 4.69) is 0 Å². The summed E-state index contributed by atoms with van der Waals surface area (Å²) in [6.45, 7) is -0.293. The Kier molecular flexibility index (Phi) is 4.75. The monoisotopic (exact) mass is 319 g/mol. The molecule has 1 saturated heterocycles. The molecule has 1 heterocycles. The van der Waals surface area contributed by atoms with Gasteiger partial charge in [0.1, 0.15) is 5.82 Å². The summed E-state index contributed by atoms with van der Waals surface area (Å²) < 4.78 is 51.4. The van der Waals surface area contributed by atoms with Gasteiger partial charge in [0.25, 0.3) is 0 Å². The Balaban J connectivity index is 1.87. The van der Waals surface area contributed by atoms with E-state index in [1.807, 2.05) is 0 Å². The Morgan fingerprint density at radius 2 is 1.82 bits per heavy atom. The topological polar surface area (TPSA) is 40.5 Å². The van der Waals surface area contributed by atoms with Gasteiger partial charge in [0.2, 0.25) is 5.91 Å². The van der Waals surface area contributed by atoms with Gasteiger partial charge >= 0.3 is 6.18 Å². The molecule has 1 fully saturated rings. The van der Waals surface area contributed by atoms with Crippen molar-refractivity contribution in [1.29, 1.82) is 0 Å². The highest BCUT2D eigenvalue weighted by Gasteiger charge is 2.54. The van der Waals surface area contributed by atoms with E-state index in [1.165, 1.54) is 11.0 Å². The molecule has 1 amide bonds. The van der Waals surface area contributed by atoms with Crippen LogP contribution in [0.2, 0.25) is 0 Å². The number of carbonyl (C=O) groups excluding carboxylic acids is 1. The molecule has 1 aromatic rings. The maximum absolute atomic E-state index is 13.4. The first-order valence-corrected chi connectivity index (χ1v) is 7.03. The highest BCUT2D eigenvalue weighted by Crippen LogP contribution is 2.38. The van der Waals surface area contributed by atoms with E-state index >= 15 is 0 Å². The fraction of sp³-hybridized carbons (Fsp3) is 0.533. The Labute approximate surface area is 125 Å². The normalized spacial score (nSPS) is 18.3. The molecule has 1 aromatic carbocycles. The van der Waals surface area contributed by atoms with E-state index in [1.54, 1.807) is 18.2 Å². The van der Waals surface area contributed by atoms with Crippen molar-refractivity contribution in [1.82, 2.24) is 4.90 Å². The maximum atomic E-state index is 13.4. The van der Waals surface area contributed by atoms with Gasteiger partial charge in [0.05, 0.1) is 0 Å². The lowest BCUT2D eigenvalue weighted by Gasteiger charge is -2.39. The lowest BCUT2D eigenvalue weighted by molar-refractivity contribution is -0.272. The van der Waals surface area contributed by atoms with Gasteiger partial charge in [-0.25, -0.2) is 4.39 Å². The second kappa shape index (κ2) is 6.24. The maximum Gasteiger partial charge on any atom is 0.417 e. The van der Waals surface area contributed by atoms with Gasteiger partial charge in [-0.2, -0.15) is 13.2 Å². The van der Waals surface area contributed by atoms with Gasteiger partial charge in [-0.1, -0.05) is 18.2 Å². The molecule has 0 atom stereocenters. The molecule has 0 aliphatic carbocycles. The molecule has 2 rings (SSSR count). The predicted molar refractivity (Wildman–Crippen MR) is 71.5 cm³/mol. The highest BCUT2D eigenvalue weighted by atomic mass is 19.4. The first kappa shape index (κ1) is 16.7. The zero-order chi connectivity index (χ0) is 16.4. The predicted octanol–water partition coefficient (Wildman–Crippen LogP) is 2.67. The number of halogens is 4. The molecular weight excluding hydrogens is 302 g/mol. The summed E-state index contributed by atoms with van der Waals surface area (Å²) >= 11 is 0. The summed E-state index contributed by atoms with van der Waals surface area (Å²) in [6, 6.07) is 6.07. The molecule has 0 aromatic heterocycles. The molecule has 3 nitrogen and oxygen atoms in total. The van der Waals surface area contributed by atoms with Crippen LogP contribution in [-0.4, -0.2) is 40.8 Å².